The van der Waals surface area contributed by atoms with Crippen LogP contribution >= 0.6 is 11.5 Å². The van der Waals surface area contributed by atoms with Gasteiger partial charge in [0.1, 0.15) is 10.4 Å². The van der Waals surface area contributed by atoms with Crippen LogP contribution in [0.2, 0.25) is 0 Å². The molecule has 2 heterocycles. The van der Waals surface area contributed by atoms with E-state index in [2.05, 4.69) is 28.4 Å². The van der Waals surface area contributed by atoms with Crippen molar-refractivity contribution in [1.82, 2.24) is 13.5 Å². The summed E-state index contributed by atoms with van der Waals surface area (Å²) in [5.41, 5.74) is 1.72. The van der Waals surface area contributed by atoms with Gasteiger partial charge in [0.15, 0.2) is 5.65 Å². The predicted molar refractivity (Wildman–Crippen MR) is 103 cm³/mol. The summed E-state index contributed by atoms with van der Waals surface area (Å²) in [5.74, 6) is 0. The predicted octanol–water partition coefficient (Wildman–Crippen LogP) is 2.28. The Balaban J connectivity index is 1.99. The highest BCUT2D eigenvalue weighted by atomic mass is 32.1. The fraction of sp³-hybridized carbons (Fsp3) is 0.353. The number of rotatable bonds is 5. The molecule has 0 saturated heterocycles. The minimum Gasteiger partial charge on any atom is -0.372 e. The molecule has 0 aliphatic carbocycles. The van der Waals surface area contributed by atoms with Gasteiger partial charge >= 0.3 is 5.69 Å². The first-order valence-electron chi connectivity index (χ1n) is 8.15. The van der Waals surface area contributed by atoms with Crippen molar-refractivity contribution in [3.05, 3.63) is 45.1 Å². The van der Waals surface area contributed by atoms with Crippen LogP contribution in [0, 0.1) is 0 Å². The van der Waals surface area contributed by atoms with Crippen molar-refractivity contribution < 1.29 is 0 Å². The Labute approximate surface area is 149 Å². The Hall–Kier alpha value is -2.61. The molecule has 0 aliphatic heterocycles. The summed E-state index contributed by atoms with van der Waals surface area (Å²) in [6.07, 6.45) is 0. The third-order valence-corrected chi connectivity index (χ3v) is 5.09. The Morgan fingerprint density at radius 3 is 2.32 bits per heavy atom. The maximum absolute atomic E-state index is 12.5. The lowest BCUT2D eigenvalue weighted by molar-refractivity contribution is 0.710. The molecule has 0 spiro atoms. The van der Waals surface area contributed by atoms with Crippen molar-refractivity contribution in [2.45, 2.75) is 13.8 Å². The number of aromatic nitrogens is 3. The number of benzene rings is 1. The highest BCUT2D eigenvalue weighted by Gasteiger charge is 2.16. The summed E-state index contributed by atoms with van der Waals surface area (Å²) >= 11 is 1.18. The summed E-state index contributed by atoms with van der Waals surface area (Å²) in [5, 5.41) is 4.33. The zero-order valence-electron chi connectivity index (χ0n) is 14.7. The highest BCUT2D eigenvalue weighted by Crippen LogP contribution is 2.28. The number of nitrogens with one attached hydrogen (secondary N) is 1. The van der Waals surface area contributed by atoms with Crippen LogP contribution in [-0.2, 0) is 14.1 Å². The van der Waals surface area contributed by atoms with Crippen molar-refractivity contribution >= 4 is 38.9 Å². The van der Waals surface area contributed by atoms with Gasteiger partial charge in [0, 0.05) is 38.6 Å². The molecule has 2 aromatic heterocycles. The van der Waals surface area contributed by atoms with E-state index in [0.717, 1.165) is 29.0 Å². The number of aryl methyl sites for hydroxylation is 1. The second-order valence-electron chi connectivity index (χ2n) is 5.76. The van der Waals surface area contributed by atoms with E-state index < -0.39 is 0 Å². The van der Waals surface area contributed by atoms with Crippen molar-refractivity contribution in [3.8, 4) is 0 Å². The molecule has 0 unspecified atom stereocenters. The minimum absolute atomic E-state index is 0.339. The van der Waals surface area contributed by atoms with E-state index in [1.165, 1.54) is 23.1 Å². The molecule has 0 bridgehead atoms. The highest BCUT2D eigenvalue weighted by molar-refractivity contribution is 7.11. The second kappa shape index (κ2) is 6.72. The van der Waals surface area contributed by atoms with E-state index in [0.29, 0.717) is 16.0 Å². The molecule has 8 heteroatoms. The summed E-state index contributed by atoms with van der Waals surface area (Å²) in [7, 11) is 3.09. The van der Waals surface area contributed by atoms with Gasteiger partial charge in [-0.3, -0.25) is 13.9 Å². The molecule has 0 fully saturated rings. The summed E-state index contributed by atoms with van der Waals surface area (Å²) in [6, 6.07) is 8.05. The molecule has 25 heavy (non-hydrogen) atoms. The molecule has 0 saturated carbocycles. The fourth-order valence-electron chi connectivity index (χ4n) is 2.83. The van der Waals surface area contributed by atoms with Gasteiger partial charge in [-0.15, -0.1) is 0 Å². The maximum atomic E-state index is 12.5. The average Bonchev–Trinajstić information content (AvgIpc) is 3.04. The van der Waals surface area contributed by atoms with E-state index in [1.807, 2.05) is 24.3 Å². The summed E-state index contributed by atoms with van der Waals surface area (Å²) in [6.45, 7) is 6.15. The van der Waals surface area contributed by atoms with Gasteiger partial charge in [-0.1, -0.05) is 0 Å². The van der Waals surface area contributed by atoms with E-state index >= 15 is 0 Å². The van der Waals surface area contributed by atoms with Gasteiger partial charge in [0.2, 0.25) is 0 Å². The van der Waals surface area contributed by atoms with Crippen LogP contribution in [0.25, 0.3) is 11.0 Å². The second-order valence-corrected chi connectivity index (χ2v) is 6.53. The normalized spacial score (nSPS) is 11.0. The van der Waals surface area contributed by atoms with Gasteiger partial charge in [-0.2, -0.15) is 4.37 Å². The van der Waals surface area contributed by atoms with Gasteiger partial charge in [0.25, 0.3) is 5.56 Å². The van der Waals surface area contributed by atoms with Gasteiger partial charge in [-0.25, -0.2) is 4.79 Å². The molecule has 132 valence electrons. The topological polar surface area (TPSA) is 72.2 Å². The average molecular weight is 359 g/mol. The molecule has 1 N–H and O–H groups in total. The van der Waals surface area contributed by atoms with E-state index in [4.69, 9.17) is 0 Å². The molecule has 3 aromatic rings. The van der Waals surface area contributed by atoms with Crippen LogP contribution in [0.1, 0.15) is 13.8 Å². The standard InChI is InChI=1S/C17H21N5O2S/c1-5-22(6-2)12-9-7-11(8-10-12)18-15-13-14(19-25-15)20(3)17(24)21(4)16(13)23/h7-10,18H,5-6H2,1-4H3. The summed E-state index contributed by atoms with van der Waals surface area (Å²) < 4.78 is 6.76. The summed E-state index contributed by atoms with van der Waals surface area (Å²) in [4.78, 5) is 26.7. The number of hydrogen-bond acceptors (Lipinski definition) is 6. The molecule has 0 radical (unpaired) electrons. The van der Waals surface area contributed by atoms with Crippen LogP contribution in [0.15, 0.2) is 33.9 Å². The first-order chi connectivity index (χ1) is 12.0. The number of anilines is 3. The van der Waals surface area contributed by atoms with E-state index in [-0.39, 0.29) is 11.2 Å². The Kier molecular flexibility index (Phi) is 4.63. The van der Waals surface area contributed by atoms with Crippen molar-refractivity contribution in [2.75, 3.05) is 23.3 Å². The van der Waals surface area contributed by atoms with Gasteiger partial charge < -0.3 is 10.2 Å². The van der Waals surface area contributed by atoms with Crippen LogP contribution in [0.3, 0.4) is 0 Å². The lowest BCUT2D eigenvalue weighted by atomic mass is 10.2. The SMILES string of the molecule is CCN(CC)c1ccc(Nc2snc3c2c(=O)n(C)c(=O)n3C)cc1. The third kappa shape index (κ3) is 2.93. The van der Waals surface area contributed by atoms with Crippen LogP contribution < -0.4 is 21.5 Å². The largest absolute Gasteiger partial charge is 0.372 e. The van der Waals surface area contributed by atoms with Crippen LogP contribution in [-0.4, -0.2) is 26.6 Å². The number of fused-ring (bicyclic) bond motifs is 1. The lowest BCUT2D eigenvalue weighted by Gasteiger charge is -2.21. The first-order valence-corrected chi connectivity index (χ1v) is 8.92. The molecule has 0 aliphatic rings. The van der Waals surface area contributed by atoms with Crippen LogP contribution in [0.4, 0.5) is 16.4 Å². The molecule has 7 nitrogen and oxygen atoms in total. The molecule has 0 amide bonds. The zero-order valence-corrected chi connectivity index (χ0v) is 15.6. The van der Waals surface area contributed by atoms with Gasteiger partial charge in [-0.05, 0) is 49.6 Å². The van der Waals surface area contributed by atoms with E-state index in [9.17, 15) is 9.59 Å². The van der Waals surface area contributed by atoms with Crippen LogP contribution in [0.5, 0.6) is 0 Å². The molecule has 3 rings (SSSR count). The van der Waals surface area contributed by atoms with E-state index in [1.54, 1.807) is 7.05 Å². The lowest BCUT2D eigenvalue weighted by Crippen LogP contribution is -2.36. The fourth-order valence-corrected chi connectivity index (χ4v) is 3.66. The van der Waals surface area contributed by atoms with Crippen molar-refractivity contribution in [3.63, 3.8) is 0 Å². The van der Waals surface area contributed by atoms with Crippen molar-refractivity contribution in [1.29, 1.82) is 0 Å². The first kappa shape index (κ1) is 17.2. The quantitative estimate of drug-likeness (QED) is 0.757. The molecular formula is C17H21N5O2S. The Morgan fingerprint density at radius 2 is 1.72 bits per heavy atom. The molecule has 0 atom stereocenters. The van der Waals surface area contributed by atoms with Gasteiger partial charge in [0.05, 0.1) is 0 Å². The monoisotopic (exact) mass is 359 g/mol. The number of nitrogens with zero attached hydrogens (tertiary/aromatic N) is 4. The Bertz CT molecular complexity index is 1010. The third-order valence-electron chi connectivity index (χ3n) is 4.34. The molecular weight excluding hydrogens is 338 g/mol. The van der Waals surface area contributed by atoms with Crippen molar-refractivity contribution in [2.24, 2.45) is 14.1 Å². The number of hydrogen-bond donors (Lipinski definition) is 1. The zero-order chi connectivity index (χ0) is 18.1. The Morgan fingerprint density at radius 1 is 1.08 bits per heavy atom. The molecule has 1 aromatic carbocycles. The maximum Gasteiger partial charge on any atom is 0.332 e. The minimum atomic E-state index is -0.377. The smallest absolute Gasteiger partial charge is 0.332 e.